The third-order valence-corrected chi connectivity index (χ3v) is 9.04. The summed E-state index contributed by atoms with van der Waals surface area (Å²) in [6.07, 6.45) is 2.77. The van der Waals surface area contributed by atoms with Crippen molar-refractivity contribution in [2.75, 3.05) is 32.9 Å². The van der Waals surface area contributed by atoms with Crippen molar-refractivity contribution in [3.8, 4) is 0 Å². The summed E-state index contributed by atoms with van der Waals surface area (Å²) in [6.45, 7) is 1.02. The van der Waals surface area contributed by atoms with Gasteiger partial charge < -0.3 is 14.8 Å². The first-order valence-corrected chi connectivity index (χ1v) is 12.9. The van der Waals surface area contributed by atoms with Gasteiger partial charge in [-0.05, 0) is 42.5 Å². The van der Waals surface area contributed by atoms with Gasteiger partial charge in [-0.2, -0.15) is 4.31 Å². The molecular weight excluding hydrogens is 452 g/mol. The number of nitrogens with zero attached hydrogens (tertiary/aromatic N) is 1. The van der Waals surface area contributed by atoms with Gasteiger partial charge in [0, 0.05) is 18.0 Å². The minimum Gasteiger partial charge on any atom is -0.455 e. The summed E-state index contributed by atoms with van der Waals surface area (Å²) < 4.78 is 37.3. The molecule has 0 unspecified atom stereocenters. The molecule has 0 radical (unpaired) electrons. The lowest BCUT2D eigenvalue weighted by molar-refractivity contribution is -0.148. The number of carbonyl (C=O) groups excluding carboxylic acids is 2. The van der Waals surface area contributed by atoms with Gasteiger partial charge in [-0.3, -0.25) is 9.59 Å². The summed E-state index contributed by atoms with van der Waals surface area (Å²) >= 11 is 1.04. The van der Waals surface area contributed by atoms with Gasteiger partial charge in [-0.25, -0.2) is 8.42 Å². The van der Waals surface area contributed by atoms with Crippen LogP contribution in [-0.4, -0.2) is 57.5 Å². The Morgan fingerprint density at radius 2 is 1.94 bits per heavy atom. The average Bonchev–Trinajstić information content (AvgIpc) is 3.28. The molecule has 4 rings (SSSR count). The molecule has 1 aliphatic heterocycles. The van der Waals surface area contributed by atoms with Crippen LogP contribution in [0.15, 0.2) is 40.6 Å². The fraction of sp³-hybridized carbons (Fsp3) is 0.455. The van der Waals surface area contributed by atoms with Crippen molar-refractivity contribution in [2.24, 2.45) is 0 Å². The van der Waals surface area contributed by atoms with E-state index in [0.717, 1.165) is 36.2 Å². The number of benzene rings is 1. The van der Waals surface area contributed by atoms with Crippen LogP contribution in [0.4, 0.5) is 0 Å². The first-order valence-electron chi connectivity index (χ1n) is 10.6. The number of thiophene rings is 1. The molecule has 8 nitrogen and oxygen atoms in total. The molecule has 0 spiro atoms. The first kappa shape index (κ1) is 22.9. The summed E-state index contributed by atoms with van der Waals surface area (Å²) in [5.41, 5.74) is 2.35. The Balaban J connectivity index is 1.27. The Morgan fingerprint density at radius 1 is 1.16 bits per heavy atom. The Kier molecular flexibility index (Phi) is 7.24. The van der Waals surface area contributed by atoms with E-state index >= 15 is 0 Å². The maximum absolute atomic E-state index is 12.7. The van der Waals surface area contributed by atoms with Crippen LogP contribution in [0.5, 0.6) is 0 Å². The van der Waals surface area contributed by atoms with Gasteiger partial charge in [0.15, 0.2) is 6.61 Å². The SMILES string of the molecule is O=C(COC(=O)Cc1ccc(S(=O)(=O)N2CCOCC2)s1)N[C@@H]1CCCc2ccccc21. The normalized spacial score (nSPS) is 19.2. The van der Waals surface area contributed by atoms with Crippen LogP contribution in [0.25, 0.3) is 0 Å². The average molecular weight is 479 g/mol. The largest absolute Gasteiger partial charge is 0.455 e. The van der Waals surface area contributed by atoms with Crippen molar-refractivity contribution in [2.45, 2.75) is 35.9 Å². The van der Waals surface area contributed by atoms with E-state index < -0.39 is 16.0 Å². The number of carbonyl (C=O) groups is 2. The lowest BCUT2D eigenvalue weighted by Crippen LogP contribution is -2.40. The van der Waals surface area contributed by atoms with Crippen molar-refractivity contribution in [1.29, 1.82) is 0 Å². The highest BCUT2D eigenvalue weighted by Gasteiger charge is 2.28. The van der Waals surface area contributed by atoms with Gasteiger partial charge in [0.05, 0.1) is 25.7 Å². The van der Waals surface area contributed by atoms with Crippen LogP contribution in [0.1, 0.15) is 34.9 Å². The Labute approximate surface area is 191 Å². The van der Waals surface area contributed by atoms with E-state index in [4.69, 9.17) is 9.47 Å². The molecule has 172 valence electrons. The molecule has 1 atom stereocenters. The molecular formula is C22H26N2O6S2. The van der Waals surface area contributed by atoms with Gasteiger partial charge in [-0.1, -0.05) is 24.3 Å². The molecule has 1 fully saturated rings. The van der Waals surface area contributed by atoms with E-state index in [2.05, 4.69) is 11.4 Å². The molecule has 1 aromatic carbocycles. The minimum atomic E-state index is -3.59. The van der Waals surface area contributed by atoms with Gasteiger partial charge in [0.2, 0.25) is 0 Å². The van der Waals surface area contributed by atoms with Crippen molar-refractivity contribution < 1.29 is 27.5 Å². The molecule has 2 heterocycles. The molecule has 0 saturated carbocycles. The van der Waals surface area contributed by atoms with Gasteiger partial charge in [0.25, 0.3) is 15.9 Å². The molecule has 1 N–H and O–H groups in total. The third kappa shape index (κ3) is 5.37. The summed E-state index contributed by atoms with van der Waals surface area (Å²) in [4.78, 5) is 25.1. The van der Waals surface area contributed by atoms with E-state index in [-0.39, 0.29) is 29.2 Å². The van der Waals surface area contributed by atoms with E-state index in [9.17, 15) is 18.0 Å². The number of hydrogen-bond acceptors (Lipinski definition) is 7. The predicted molar refractivity (Wildman–Crippen MR) is 119 cm³/mol. The second-order valence-electron chi connectivity index (χ2n) is 7.79. The van der Waals surface area contributed by atoms with Crippen LogP contribution in [-0.2, 0) is 41.9 Å². The first-order chi connectivity index (χ1) is 15.4. The minimum absolute atomic E-state index is 0.0728. The topological polar surface area (TPSA) is 102 Å². The van der Waals surface area contributed by atoms with Crippen molar-refractivity contribution in [3.05, 3.63) is 52.4 Å². The predicted octanol–water partition coefficient (Wildman–Crippen LogP) is 2.05. The summed E-state index contributed by atoms with van der Waals surface area (Å²) in [7, 11) is -3.59. The molecule has 1 saturated heterocycles. The van der Waals surface area contributed by atoms with Crippen LogP contribution in [0, 0.1) is 0 Å². The van der Waals surface area contributed by atoms with E-state index in [0.29, 0.717) is 31.2 Å². The number of morpholine rings is 1. The highest BCUT2D eigenvalue weighted by atomic mass is 32.2. The highest BCUT2D eigenvalue weighted by molar-refractivity contribution is 7.91. The van der Waals surface area contributed by atoms with E-state index in [1.807, 2.05) is 18.2 Å². The smallest absolute Gasteiger partial charge is 0.311 e. The maximum Gasteiger partial charge on any atom is 0.311 e. The molecule has 1 amide bonds. The zero-order valence-corrected chi connectivity index (χ0v) is 19.3. The second kappa shape index (κ2) is 10.1. The van der Waals surface area contributed by atoms with Gasteiger partial charge in [-0.15, -0.1) is 11.3 Å². The Hall–Kier alpha value is -2.27. The molecule has 32 heavy (non-hydrogen) atoms. The van der Waals surface area contributed by atoms with Crippen LogP contribution in [0.3, 0.4) is 0 Å². The van der Waals surface area contributed by atoms with Crippen molar-refractivity contribution in [3.63, 3.8) is 0 Å². The molecule has 1 aromatic heterocycles. The maximum atomic E-state index is 12.7. The second-order valence-corrected chi connectivity index (χ2v) is 11.1. The number of hydrogen-bond donors (Lipinski definition) is 1. The van der Waals surface area contributed by atoms with Crippen LogP contribution >= 0.6 is 11.3 Å². The fourth-order valence-corrected chi connectivity index (χ4v) is 6.89. The Bertz CT molecular complexity index is 1080. The number of aryl methyl sites for hydroxylation is 1. The number of sulfonamides is 1. The quantitative estimate of drug-likeness (QED) is 0.611. The number of rotatable bonds is 7. The van der Waals surface area contributed by atoms with E-state index in [1.165, 1.54) is 15.9 Å². The van der Waals surface area contributed by atoms with Crippen LogP contribution in [0.2, 0.25) is 0 Å². The third-order valence-electron chi connectivity index (χ3n) is 5.59. The van der Waals surface area contributed by atoms with Crippen molar-refractivity contribution >= 4 is 33.2 Å². The molecule has 10 heteroatoms. The fourth-order valence-electron chi connectivity index (χ4n) is 3.99. The lowest BCUT2D eigenvalue weighted by atomic mass is 9.88. The standard InChI is InChI=1S/C22H26N2O6S2/c25-20(23-19-7-3-5-16-4-1-2-6-18(16)19)15-30-21(26)14-17-8-9-22(31-17)32(27,28)24-10-12-29-13-11-24/h1-2,4,6,8-9,19H,3,5,7,10-15H2,(H,23,25)/t19-/m1/s1. The van der Waals surface area contributed by atoms with Gasteiger partial charge in [0.1, 0.15) is 4.21 Å². The highest BCUT2D eigenvalue weighted by Crippen LogP contribution is 2.29. The number of fused-ring (bicyclic) bond motifs is 1. The zero-order chi connectivity index (χ0) is 22.6. The van der Waals surface area contributed by atoms with E-state index in [1.54, 1.807) is 6.07 Å². The summed E-state index contributed by atoms with van der Waals surface area (Å²) in [5, 5.41) is 2.95. The summed E-state index contributed by atoms with van der Waals surface area (Å²) in [6, 6.07) is 11.1. The molecule has 2 aliphatic rings. The summed E-state index contributed by atoms with van der Waals surface area (Å²) in [5.74, 6) is -0.914. The number of ether oxygens (including phenoxy) is 2. The van der Waals surface area contributed by atoms with Gasteiger partial charge >= 0.3 is 5.97 Å². The zero-order valence-electron chi connectivity index (χ0n) is 17.6. The number of nitrogens with one attached hydrogen (secondary N) is 1. The van der Waals surface area contributed by atoms with Crippen LogP contribution < -0.4 is 5.32 Å². The Morgan fingerprint density at radius 3 is 2.75 bits per heavy atom. The molecule has 2 aromatic rings. The monoisotopic (exact) mass is 478 g/mol. The number of amides is 1. The lowest BCUT2D eigenvalue weighted by Gasteiger charge is -2.26. The van der Waals surface area contributed by atoms with Crippen molar-refractivity contribution in [1.82, 2.24) is 9.62 Å². The molecule has 1 aliphatic carbocycles. The molecule has 0 bridgehead atoms. The number of esters is 1.